The largest absolute Gasteiger partial charge is 0.325 e. The van der Waals surface area contributed by atoms with E-state index >= 15 is 0 Å². The van der Waals surface area contributed by atoms with Crippen LogP contribution in [0.25, 0.3) is 11.0 Å². The Bertz CT molecular complexity index is 967. The number of halogens is 2. The van der Waals surface area contributed by atoms with E-state index in [1.807, 2.05) is 0 Å². The van der Waals surface area contributed by atoms with Crippen molar-refractivity contribution in [2.24, 2.45) is 0 Å². The van der Waals surface area contributed by atoms with Crippen LogP contribution in [0, 0.1) is 0 Å². The van der Waals surface area contributed by atoms with Crippen LogP contribution in [0.4, 0.5) is 5.69 Å². The smallest absolute Gasteiger partial charge is 0.323 e. The van der Waals surface area contributed by atoms with Crippen LogP contribution in [0.1, 0.15) is 6.92 Å². The second-order valence-corrected chi connectivity index (χ2v) is 7.39. The molecule has 3 rings (SSSR count). The van der Waals surface area contributed by atoms with Gasteiger partial charge in [0.05, 0.1) is 21.3 Å². The first-order valence-corrected chi connectivity index (χ1v) is 8.70. The average Bonchev–Trinajstić information content (AvgIpc) is 2.90. The molecule has 1 amide bonds. The summed E-state index contributed by atoms with van der Waals surface area (Å²) in [4.78, 5) is 29.7. The van der Waals surface area contributed by atoms with Gasteiger partial charge in [0.15, 0.2) is 0 Å². The Morgan fingerprint density at radius 3 is 2.67 bits per heavy atom. The molecule has 0 saturated carbocycles. The first-order chi connectivity index (χ1) is 11.4. The molecular weight excluding hydrogens is 369 g/mol. The summed E-state index contributed by atoms with van der Waals surface area (Å²) in [6.07, 6.45) is 0. The highest BCUT2D eigenvalue weighted by molar-refractivity contribution is 8.00. The van der Waals surface area contributed by atoms with Gasteiger partial charge in [-0.15, -0.1) is 11.8 Å². The molecule has 3 aromatic rings. The van der Waals surface area contributed by atoms with Gasteiger partial charge in [0.2, 0.25) is 5.91 Å². The molecule has 1 unspecified atom stereocenters. The quantitative estimate of drug-likeness (QED) is 0.590. The summed E-state index contributed by atoms with van der Waals surface area (Å²) in [6.45, 7) is 1.79. The van der Waals surface area contributed by atoms with Crippen LogP contribution >= 0.6 is 35.0 Å². The van der Waals surface area contributed by atoms with Crippen LogP contribution in [0.2, 0.25) is 10.0 Å². The third kappa shape index (κ3) is 3.77. The van der Waals surface area contributed by atoms with Crippen molar-refractivity contribution in [3.8, 4) is 0 Å². The van der Waals surface area contributed by atoms with Gasteiger partial charge in [-0.25, -0.2) is 4.79 Å². The lowest BCUT2D eigenvalue weighted by molar-refractivity contribution is -0.115. The Balaban J connectivity index is 1.72. The fourth-order valence-corrected chi connectivity index (χ4v) is 3.58. The number of H-pyrrole nitrogens is 2. The summed E-state index contributed by atoms with van der Waals surface area (Å²) in [6, 6.07) is 10.3. The lowest BCUT2D eigenvalue weighted by Gasteiger charge is -2.13. The maximum absolute atomic E-state index is 12.4. The Kier molecular flexibility index (Phi) is 4.89. The molecule has 0 spiro atoms. The minimum absolute atomic E-state index is 0.173. The predicted octanol–water partition coefficient (Wildman–Crippen LogP) is 4.28. The van der Waals surface area contributed by atoms with Gasteiger partial charge in [-0.1, -0.05) is 23.2 Å². The highest BCUT2D eigenvalue weighted by atomic mass is 35.5. The predicted molar refractivity (Wildman–Crippen MR) is 99.3 cm³/mol. The van der Waals surface area contributed by atoms with Crippen molar-refractivity contribution >= 4 is 57.6 Å². The Morgan fingerprint density at radius 2 is 1.88 bits per heavy atom. The molecule has 0 aliphatic carbocycles. The van der Waals surface area contributed by atoms with Gasteiger partial charge in [0, 0.05) is 15.6 Å². The Morgan fingerprint density at radius 1 is 1.12 bits per heavy atom. The number of rotatable bonds is 4. The maximum Gasteiger partial charge on any atom is 0.323 e. The number of thioether (sulfide) groups is 1. The number of carbonyl (C=O) groups excluding carboxylic acids is 1. The summed E-state index contributed by atoms with van der Waals surface area (Å²) in [7, 11) is 0. The number of aromatic nitrogens is 2. The summed E-state index contributed by atoms with van der Waals surface area (Å²) >= 11 is 13.4. The lowest BCUT2D eigenvalue weighted by atomic mass is 10.2. The molecule has 0 saturated heterocycles. The zero-order valence-corrected chi connectivity index (χ0v) is 14.9. The molecule has 0 radical (unpaired) electrons. The monoisotopic (exact) mass is 381 g/mol. The normalized spacial score (nSPS) is 12.3. The van der Waals surface area contributed by atoms with E-state index in [4.69, 9.17) is 23.2 Å². The van der Waals surface area contributed by atoms with Gasteiger partial charge < -0.3 is 15.3 Å². The molecular formula is C16H13Cl2N3O2S. The molecule has 0 bridgehead atoms. The van der Waals surface area contributed by atoms with E-state index < -0.39 is 0 Å². The number of imidazole rings is 1. The van der Waals surface area contributed by atoms with Crippen LogP contribution in [0.15, 0.2) is 46.1 Å². The first kappa shape index (κ1) is 17.0. The van der Waals surface area contributed by atoms with E-state index in [9.17, 15) is 9.59 Å². The van der Waals surface area contributed by atoms with Crippen molar-refractivity contribution in [1.29, 1.82) is 0 Å². The Hall–Kier alpha value is -1.89. The van der Waals surface area contributed by atoms with Gasteiger partial charge in [0.25, 0.3) is 0 Å². The number of amides is 1. The number of benzene rings is 2. The standard InChI is InChI=1S/C16H13Cl2N3O2S/c1-8(24-14-6-9(17)2-4-11(14)18)15(22)19-10-3-5-12-13(7-10)21-16(23)20-12/h2-8H,1H3,(H,19,22)(H2,20,21,23). The SMILES string of the molecule is CC(Sc1cc(Cl)ccc1Cl)C(=O)Nc1ccc2[nH]c(=O)[nH]c2c1. The summed E-state index contributed by atoms with van der Waals surface area (Å²) in [5.74, 6) is -0.173. The molecule has 24 heavy (non-hydrogen) atoms. The summed E-state index contributed by atoms with van der Waals surface area (Å²) in [5, 5.41) is 3.57. The van der Waals surface area contributed by atoms with Crippen molar-refractivity contribution < 1.29 is 4.79 Å². The van der Waals surface area contributed by atoms with E-state index in [2.05, 4.69) is 15.3 Å². The fraction of sp³-hybridized carbons (Fsp3) is 0.125. The van der Waals surface area contributed by atoms with E-state index in [0.717, 1.165) is 4.90 Å². The highest BCUT2D eigenvalue weighted by Gasteiger charge is 2.16. The topological polar surface area (TPSA) is 77.8 Å². The van der Waals surface area contributed by atoms with Crippen LogP contribution in [0.3, 0.4) is 0 Å². The van der Waals surface area contributed by atoms with Gasteiger partial charge in [0.1, 0.15) is 0 Å². The van der Waals surface area contributed by atoms with E-state index in [-0.39, 0.29) is 16.8 Å². The zero-order valence-electron chi connectivity index (χ0n) is 12.5. The molecule has 2 aromatic carbocycles. The molecule has 8 heteroatoms. The van der Waals surface area contributed by atoms with Crippen LogP contribution < -0.4 is 11.0 Å². The van der Waals surface area contributed by atoms with Crippen LogP contribution in [-0.2, 0) is 4.79 Å². The van der Waals surface area contributed by atoms with E-state index in [0.29, 0.717) is 26.8 Å². The van der Waals surface area contributed by atoms with E-state index in [1.165, 1.54) is 11.8 Å². The average molecular weight is 382 g/mol. The van der Waals surface area contributed by atoms with Crippen LogP contribution in [0.5, 0.6) is 0 Å². The number of carbonyl (C=O) groups is 1. The molecule has 0 aliphatic rings. The summed E-state index contributed by atoms with van der Waals surface area (Å²) < 4.78 is 0. The van der Waals surface area contributed by atoms with Crippen molar-refractivity contribution in [1.82, 2.24) is 9.97 Å². The highest BCUT2D eigenvalue weighted by Crippen LogP contribution is 2.33. The second-order valence-electron chi connectivity index (χ2n) is 5.16. The molecule has 0 aliphatic heterocycles. The zero-order chi connectivity index (χ0) is 17.3. The van der Waals surface area contributed by atoms with Gasteiger partial charge >= 0.3 is 5.69 Å². The molecule has 3 N–H and O–H groups in total. The first-order valence-electron chi connectivity index (χ1n) is 7.07. The maximum atomic E-state index is 12.4. The van der Waals surface area contributed by atoms with Gasteiger partial charge in [-0.2, -0.15) is 0 Å². The van der Waals surface area contributed by atoms with Gasteiger partial charge in [-0.3, -0.25) is 4.79 Å². The van der Waals surface area contributed by atoms with Crippen LogP contribution in [-0.4, -0.2) is 21.1 Å². The minimum Gasteiger partial charge on any atom is -0.325 e. The number of nitrogens with one attached hydrogen (secondary N) is 3. The number of anilines is 1. The Labute approximate surface area is 151 Å². The van der Waals surface area contributed by atoms with Crippen molar-refractivity contribution in [2.45, 2.75) is 17.1 Å². The second kappa shape index (κ2) is 6.93. The molecule has 5 nitrogen and oxygen atoms in total. The number of aromatic amines is 2. The summed E-state index contributed by atoms with van der Waals surface area (Å²) in [5.41, 5.74) is 1.64. The van der Waals surface area contributed by atoms with E-state index in [1.54, 1.807) is 43.3 Å². The third-order valence-corrected chi connectivity index (χ3v) is 5.19. The van der Waals surface area contributed by atoms with Gasteiger partial charge in [-0.05, 0) is 43.3 Å². The van der Waals surface area contributed by atoms with Crippen molar-refractivity contribution in [2.75, 3.05) is 5.32 Å². The van der Waals surface area contributed by atoms with Crippen molar-refractivity contribution in [3.63, 3.8) is 0 Å². The lowest BCUT2D eigenvalue weighted by Crippen LogP contribution is -2.22. The number of hydrogen-bond acceptors (Lipinski definition) is 3. The molecule has 124 valence electrons. The molecule has 1 heterocycles. The minimum atomic E-state index is -0.373. The van der Waals surface area contributed by atoms with Crippen molar-refractivity contribution in [3.05, 3.63) is 56.9 Å². The number of fused-ring (bicyclic) bond motifs is 1. The molecule has 1 aromatic heterocycles. The molecule has 0 fully saturated rings. The molecule has 1 atom stereocenters. The number of hydrogen-bond donors (Lipinski definition) is 3. The fourth-order valence-electron chi connectivity index (χ4n) is 2.17. The third-order valence-electron chi connectivity index (χ3n) is 3.35.